The van der Waals surface area contributed by atoms with E-state index in [1.165, 1.54) is 12.1 Å². The number of amides is 1. The molecule has 0 aliphatic heterocycles. The van der Waals surface area contributed by atoms with Crippen molar-refractivity contribution < 1.29 is 9.18 Å². The van der Waals surface area contributed by atoms with Gasteiger partial charge < -0.3 is 11.1 Å². The Kier molecular flexibility index (Phi) is 4.13. The van der Waals surface area contributed by atoms with Crippen LogP contribution in [0, 0.1) is 5.82 Å². The monoisotopic (exact) mass is 258 g/mol. The summed E-state index contributed by atoms with van der Waals surface area (Å²) in [5.74, 6) is -0.403. The lowest BCUT2D eigenvalue weighted by Gasteiger charge is -2.06. The van der Waals surface area contributed by atoms with Gasteiger partial charge in [0.15, 0.2) is 0 Å². The van der Waals surface area contributed by atoms with Crippen molar-refractivity contribution in [2.24, 2.45) is 0 Å². The highest BCUT2D eigenvalue weighted by Crippen LogP contribution is 2.06. The molecule has 0 heterocycles. The zero-order valence-electron chi connectivity index (χ0n) is 10.4. The van der Waals surface area contributed by atoms with Crippen LogP contribution in [-0.2, 0) is 17.8 Å². The molecule has 0 aliphatic carbocycles. The van der Waals surface area contributed by atoms with Crippen LogP contribution in [0.25, 0.3) is 0 Å². The lowest BCUT2D eigenvalue weighted by atomic mass is 10.1. The summed E-state index contributed by atoms with van der Waals surface area (Å²) < 4.78 is 13.0. The number of benzene rings is 2. The van der Waals surface area contributed by atoms with Gasteiger partial charge in [-0.25, -0.2) is 4.39 Å². The van der Waals surface area contributed by atoms with Crippen LogP contribution in [0.15, 0.2) is 48.5 Å². The van der Waals surface area contributed by atoms with Gasteiger partial charge in [0.25, 0.3) is 0 Å². The molecular formula is C15H15FN2O. The number of hydrogen-bond acceptors (Lipinski definition) is 2. The molecule has 0 atom stereocenters. The topological polar surface area (TPSA) is 55.1 Å². The number of carbonyl (C=O) groups is 1. The Labute approximate surface area is 111 Å². The number of nitrogens with one attached hydrogen (secondary N) is 1. The highest BCUT2D eigenvalue weighted by atomic mass is 19.1. The van der Waals surface area contributed by atoms with E-state index in [2.05, 4.69) is 5.32 Å². The van der Waals surface area contributed by atoms with Crippen molar-refractivity contribution in [3.05, 3.63) is 65.5 Å². The molecule has 0 spiro atoms. The minimum Gasteiger partial charge on any atom is -0.399 e. The number of nitrogen functional groups attached to an aromatic ring is 1. The SMILES string of the molecule is Nc1ccc(CC(=O)NCc2cccc(F)c2)cc1. The van der Waals surface area contributed by atoms with Crippen LogP contribution >= 0.6 is 0 Å². The molecule has 0 saturated carbocycles. The van der Waals surface area contributed by atoms with Gasteiger partial charge in [-0.3, -0.25) is 4.79 Å². The average molecular weight is 258 g/mol. The molecule has 3 nitrogen and oxygen atoms in total. The van der Waals surface area contributed by atoms with Gasteiger partial charge >= 0.3 is 0 Å². The lowest BCUT2D eigenvalue weighted by Crippen LogP contribution is -2.24. The Morgan fingerprint density at radius 1 is 1.11 bits per heavy atom. The minimum atomic E-state index is -0.301. The summed E-state index contributed by atoms with van der Waals surface area (Å²) in [6, 6.07) is 13.3. The zero-order chi connectivity index (χ0) is 13.7. The molecule has 98 valence electrons. The van der Waals surface area contributed by atoms with Crippen LogP contribution in [0.3, 0.4) is 0 Å². The predicted molar refractivity (Wildman–Crippen MR) is 72.8 cm³/mol. The Balaban J connectivity index is 1.86. The molecule has 2 aromatic carbocycles. The first-order chi connectivity index (χ1) is 9.13. The summed E-state index contributed by atoms with van der Waals surface area (Å²) in [5.41, 5.74) is 7.88. The third-order valence-electron chi connectivity index (χ3n) is 2.72. The van der Waals surface area contributed by atoms with Crippen LogP contribution < -0.4 is 11.1 Å². The number of anilines is 1. The molecule has 0 radical (unpaired) electrons. The van der Waals surface area contributed by atoms with E-state index in [9.17, 15) is 9.18 Å². The van der Waals surface area contributed by atoms with E-state index in [0.29, 0.717) is 12.2 Å². The summed E-state index contributed by atoms with van der Waals surface area (Å²) in [5, 5.41) is 2.75. The molecule has 0 unspecified atom stereocenters. The second kappa shape index (κ2) is 6.00. The number of halogens is 1. The van der Waals surface area contributed by atoms with Crippen molar-refractivity contribution in [3.63, 3.8) is 0 Å². The normalized spacial score (nSPS) is 10.2. The summed E-state index contributed by atoms with van der Waals surface area (Å²) in [6.45, 7) is 0.325. The summed E-state index contributed by atoms with van der Waals surface area (Å²) in [6.07, 6.45) is 0.287. The van der Waals surface area contributed by atoms with Crippen molar-refractivity contribution in [1.82, 2.24) is 5.32 Å². The number of hydrogen-bond donors (Lipinski definition) is 2. The molecule has 2 rings (SSSR count). The van der Waals surface area contributed by atoms with E-state index in [1.54, 1.807) is 24.3 Å². The maximum absolute atomic E-state index is 13.0. The van der Waals surface area contributed by atoms with E-state index in [0.717, 1.165) is 11.1 Å². The van der Waals surface area contributed by atoms with E-state index < -0.39 is 0 Å². The van der Waals surface area contributed by atoms with Crippen molar-refractivity contribution in [2.75, 3.05) is 5.73 Å². The van der Waals surface area contributed by atoms with Gasteiger partial charge in [0, 0.05) is 12.2 Å². The standard InChI is InChI=1S/C15H15FN2O/c16-13-3-1-2-12(8-13)10-18-15(19)9-11-4-6-14(17)7-5-11/h1-8H,9-10,17H2,(H,18,19). The maximum atomic E-state index is 13.0. The lowest BCUT2D eigenvalue weighted by molar-refractivity contribution is -0.120. The van der Waals surface area contributed by atoms with Crippen LogP contribution in [0.1, 0.15) is 11.1 Å². The first kappa shape index (κ1) is 13.1. The van der Waals surface area contributed by atoms with Gasteiger partial charge in [0.2, 0.25) is 5.91 Å². The molecule has 0 bridgehead atoms. The van der Waals surface area contributed by atoms with Crippen LogP contribution in [0.2, 0.25) is 0 Å². The fourth-order valence-corrected chi connectivity index (χ4v) is 1.73. The van der Waals surface area contributed by atoms with Crippen molar-refractivity contribution in [2.45, 2.75) is 13.0 Å². The molecule has 4 heteroatoms. The van der Waals surface area contributed by atoms with Crippen molar-refractivity contribution >= 4 is 11.6 Å². The summed E-state index contributed by atoms with van der Waals surface area (Å²) in [7, 11) is 0. The number of nitrogens with two attached hydrogens (primary N) is 1. The molecule has 3 N–H and O–H groups in total. The fraction of sp³-hybridized carbons (Fsp3) is 0.133. The average Bonchev–Trinajstić information content (AvgIpc) is 2.39. The third kappa shape index (κ3) is 4.10. The number of carbonyl (C=O) groups excluding carboxylic acids is 1. The fourth-order valence-electron chi connectivity index (χ4n) is 1.73. The van der Waals surface area contributed by atoms with Gasteiger partial charge in [-0.15, -0.1) is 0 Å². The molecule has 2 aromatic rings. The highest BCUT2D eigenvalue weighted by molar-refractivity contribution is 5.78. The Bertz CT molecular complexity index is 567. The van der Waals surface area contributed by atoms with Gasteiger partial charge in [0.1, 0.15) is 5.82 Å². The predicted octanol–water partition coefficient (Wildman–Crippen LogP) is 2.27. The van der Waals surface area contributed by atoms with Gasteiger partial charge in [0.05, 0.1) is 6.42 Å². The smallest absolute Gasteiger partial charge is 0.224 e. The Hall–Kier alpha value is -2.36. The van der Waals surface area contributed by atoms with Crippen LogP contribution in [0.5, 0.6) is 0 Å². The first-order valence-corrected chi connectivity index (χ1v) is 5.99. The Morgan fingerprint density at radius 2 is 1.84 bits per heavy atom. The second-order valence-corrected chi connectivity index (χ2v) is 4.33. The molecule has 1 amide bonds. The van der Waals surface area contributed by atoms with Crippen LogP contribution in [0.4, 0.5) is 10.1 Å². The molecule has 0 saturated heterocycles. The summed E-state index contributed by atoms with van der Waals surface area (Å²) >= 11 is 0. The largest absolute Gasteiger partial charge is 0.399 e. The van der Waals surface area contributed by atoms with Gasteiger partial charge in [-0.2, -0.15) is 0 Å². The van der Waals surface area contributed by atoms with E-state index in [-0.39, 0.29) is 18.1 Å². The quantitative estimate of drug-likeness (QED) is 0.826. The maximum Gasteiger partial charge on any atom is 0.224 e. The summed E-state index contributed by atoms with van der Waals surface area (Å²) in [4.78, 5) is 11.7. The molecule has 0 aromatic heterocycles. The first-order valence-electron chi connectivity index (χ1n) is 5.99. The van der Waals surface area contributed by atoms with Gasteiger partial charge in [-0.1, -0.05) is 24.3 Å². The van der Waals surface area contributed by atoms with Crippen LogP contribution in [-0.4, -0.2) is 5.91 Å². The molecule has 0 aliphatic rings. The van der Waals surface area contributed by atoms with Crippen molar-refractivity contribution in [1.29, 1.82) is 0 Å². The molecule has 0 fully saturated rings. The minimum absolute atomic E-state index is 0.103. The third-order valence-corrected chi connectivity index (χ3v) is 2.72. The molecule has 19 heavy (non-hydrogen) atoms. The van der Waals surface area contributed by atoms with Crippen molar-refractivity contribution in [3.8, 4) is 0 Å². The van der Waals surface area contributed by atoms with E-state index in [1.807, 2.05) is 12.1 Å². The Morgan fingerprint density at radius 3 is 2.53 bits per heavy atom. The van der Waals surface area contributed by atoms with E-state index >= 15 is 0 Å². The van der Waals surface area contributed by atoms with E-state index in [4.69, 9.17) is 5.73 Å². The van der Waals surface area contributed by atoms with Gasteiger partial charge in [-0.05, 0) is 35.4 Å². The molecular weight excluding hydrogens is 243 g/mol. The highest BCUT2D eigenvalue weighted by Gasteiger charge is 2.03. The zero-order valence-corrected chi connectivity index (χ0v) is 10.4. The second-order valence-electron chi connectivity index (χ2n) is 4.33. The number of rotatable bonds is 4.